The standard InChI is InChI=1S/C24H21NO3S/c1-15(2)27-18-10-8-17(9-11-18)23(26)19(14-22-16(3)12-13-29-22)24-25-20-6-4-5-7-21(20)28-24/h4-15H,1-3H3/b19-14+. The molecule has 0 saturated heterocycles. The average Bonchev–Trinajstić information content (AvgIpc) is 3.31. The van der Waals surface area contributed by atoms with Crippen molar-refractivity contribution in [2.24, 2.45) is 0 Å². The van der Waals surface area contributed by atoms with Crippen molar-refractivity contribution in [3.63, 3.8) is 0 Å². The molecule has 0 aliphatic rings. The summed E-state index contributed by atoms with van der Waals surface area (Å²) in [7, 11) is 0. The Morgan fingerprint density at radius 3 is 2.52 bits per heavy atom. The van der Waals surface area contributed by atoms with E-state index in [2.05, 4.69) is 4.98 Å². The van der Waals surface area contributed by atoms with E-state index in [1.807, 2.05) is 74.7 Å². The maximum Gasteiger partial charge on any atom is 0.231 e. The molecule has 0 fully saturated rings. The molecule has 146 valence electrons. The molecule has 2 aromatic heterocycles. The molecule has 0 saturated carbocycles. The van der Waals surface area contributed by atoms with Crippen LogP contribution in [-0.4, -0.2) is 16.9 Å². The van der Waals surface area contributed by atoms with E-state index in [1.54, 1.807) is 23.5 Å². The zero-order valence-electron chi connectivity index (χ0n) is 16.5. The molecule has 0 N–H and O–H groups in total. The summed E-state index contributed by atoms with van der Waals surface area (Å²) in [4.78, 5) is 18.9. The second-order valence-corrected chi connectivity index (χ2v) is 7.98. The number of rotatable bonds is 6. The maximum absolute atomic E-state index is 13.4. The summed E-state index contributed by atoms with van der Waals surface area (Å²) in [6, 6.07) is 16.7. The Morgan fingerprint density at radius 1 is 1.10 bits per heavy atom. The summed E-state index contributed by atoms with van der Waals surface area (Å²) in [6.07, 6.45) is 1.94. The highest BCUT2D eigenvalue weighted by atomic mass is 32.1. The number of carbonyl (C=O) groups excluding carboxylic acids is 1. The molecule has 0 bridgehead atoms. The molecular weight excluding hydrogens is 382 g/mol. The number of aromatic nitrogens is 1. The first-order valence-corrected chi connectivity index (χ1v) is 10.3. The van der Waals surface area contributed by atoms with Crippen molar-refractivity contribution in [2.75, 3.05) is 0 Å². The second-order valence-electron chi connectivity index (χ2n) is 7.03. The number of ether oxygens (including phenoxy) is 1. The summed E-state index contributed by atoms with van der Waals surface area (Å²) in [5, 5.41) is 2.01. The lowest BCUT2D eigenvalue weighted by molar-refractivity contribution is 0.105. The molecule has 29 heavy (non-hydrogen) atoms. The van der Waals surface area contributed by atoms with E-state index in [4.69, 9.17) is 9.15 Å². The third kappa shape index (κ3) is 4.15. The van der Waals surface area contributed by atoms with Gasteiger partial charge in [-0.3, -0.25) is 4.79 Å². The predicted octanol–water partition coefficient (Wildman–Crippen LogP) is 6.41. The van der Waals surface area contributed by atoms with Gasteiger partial charge >= 0.3 is 0 Å². The number of oxazole rings is 1. The number of benzene rings is 2. The molecule has 0 spiro atoms. The van der Waals surface area contributed by atoms with Crippen LogP contribution in [0.1, 0.15) is 40.5 Å². The molecule has 0 amide bonds. The normalized spacial score (nSPS) is 11.9. The Morgan fingerprint density at radius 2 is 1.86 bits per heavy atom. The van der Waals surface area contributed by atoms with E-state index < -0.39 is 0 Å². The Balaban J connectivity index is 1.76. The largest absolute Gasteiger partial charge is 0.491 e. The zero-order valence-corrected chi connectivity index (χ0v) is 17.3. The zero-order chi connectivity index (χ0) is 20.4. The Hall–Kier alpha value is -3.18. The van der Waals surface area contributed by atoms with Crippen LogP contribution in [0.5, 0.6) is 5.75 Å². The number of Topliss-reactive ketones (excluding diaryl/α,β-unsaturated/α-hetero) is 1. The molecule has 4 nitrogen and oxygen atoms in total. The van der Waals surface area contributed by atoms with Crippen LogP contribution in [0.2, 0.25) is 0 Å². The number of ketones is 1. The van der Waals surface area contributed by atoms with Gasteiger partial charge in [0.1, 0.15) is 11.3 Å². The molecular formula is C24H21NO3S. The van der Waals surface area contributed by atoms with Crippen LogP contribution in [0.3, 0.4) is 0 Å². The van der Waals surface area contributed by atoms with Crippen LogP contribution in [-0.2, 0) is 0 Å². The molecule has 4 rings (SSSR count). The summed E-state index contributed by atoms with van der Waals surface area (Å²) < 4.78 is 11.6. The van der Waals surface area contributed by atoms with Gasteiger partial charge in [-0.2, -0.15) is 0 Å². The van der Waals surface area contributed by atoms with Crippen molar-refractivity contribution in [3.05, 3.63) is 81.9 Å². The van der Waals surface area contributed by atoms with E-state index in [0.717, 1.165) is 21.7 Å². The fraction of sp³-hybridized carbons (Fsp3) is 0.167. The Labute approximate surface area is 173 Å². The third-order valence-electron chi connectivity index (χ3n) is 4.43. The van der Waals surface area contributed by atoms with Crippen molar-refractivity contribution in [2.45, 2.75) is 26.9 Å². The minimum atomic E-state index is -0.138. The van der Waals surface area contributed by atoms with Crippen LogP contribution in [0.25, 0.3) is 22.7 Å². The first-order chi connectivity index (χ1) is 14.0. The summed E-state index contributed by atoms with van der Waals surface area (Å²) in [6.45, 7) is 5.96. The van der Waals surface area contributed by atoms with Crippen LogP contribution in [0.15, 0.2) is 64.4 Å². The topological polar surface area (TPSA) is 52.3 Å². The van der Waals surface area contributed by atoms with Gasteiger partial charge in [-0.1, -0.05) is 12.1 Å². The van der Waals surface area contributed by atoms with E-state index in [-0.39, 0.29) is 11.9 Å². The van der Waals surface area contributed by atoms with Crippen molar-refractivity contribution < 1.29 is 13.9 Å². The van der Waals surface area contributed by atoms with Gasteiger partial charge in [-0.25, -0.2) is 4.98 Å². The van der Waals surface area contributed by atoms with E-state index >= 15 is 0 Å². The van der Waals surface area contributed by atoms with Crippen molar-refractivity contribution in [1.29, 1.82) is 0 Å². The number of hydrogen-bond donors (Lipinski definition) is 0. The summed E-state index contributed by atoms with van der Waals surface area (Å²) >= 11 is 1.58. The van der Waals surface area contributed by atoms with Gasteiger partial charge in [0.2, 0.25) is 5.89 Å². The minimum Gasteiger partial charge on any atom is -0.491 e. The summed E-state index contributed by atoms with van der Waals surface area (Å²) in [5.74, 6) is 0.921. The molecule has 0 aliphatic carbocycles. The van der Waals surface area contributed by atoms with Gasteiger partial charge in [-0.15, -0.1) is 11.3 Å². The molecule has 0 aliphatic heterocycles. The number of nitrogens with zero attached hydrogens (tertiary/aromatic N) is 1. The van der Waals surface area contributed by atoms with Crippen LogP contribution in [0.4, 0.5) is 0 Å². The number of para-hydroxylation sites is 2. The number of fused-ring (bicyclic) bond motifs is 1. The van der Waals surface area contributed by atoms with Crippen molar-refractivity contribution in [1.82, 2.24) is 4.98 Å². The van der Waals surface area contributed by atoms with Crippen LogP contribution < -0.4 is 4.74 Å². The SMILES string of the molecule is Cc1ccsc1/C=C(\C(=O)c1ccc(OC(C)C)cc1)c1nc2ccccc2o1. The van der Waals surface area contributed by atoms with Crippen molar-refractivity contribution in [3.8, 4) is 5.75 Å². The lowest BCUT2D eigenvalue weighted by Crippen LogP contribution is -2.06. The third-order valence-corrected chi connectivity index (χ3v) is 5.40. The molecule has 2 heterocycles. The van der Waals surface area contributed by atoms with Gasteiger partial charge in [0.25, 0.3) is 0 Å². The van der Waals surface area contributed by atoms with Gasteiger partial charge in [-0.05, 0) is 80.3 Å². The predicted molar refractivity (Wildman–Crippen MR) is 117 cm³/mol. The average molecular weight is 404 g/mol. The number of allylic oxidation sites excluding steroid dienone is 1. The van der Waals surface area contributed by atoms with Crippen LogP contribution in [0, 0.1) is 6.92 Å². The molecule has 2 aromatic carbocycles. The Bertz CT molecular complexity index is 1150. The molecule has 4 aromatic rings. The minimum absolute atomic E-state index is 0.0774. The Kier molecular flexibility index (Phi) is 5.32. The molecule has 5 heteroatoms. The quantitative estimate of drug-likeness (QED) is 0.276. The first-order valence-electron chi connectivity index (χ1n) is 9.44. The number of thiophene rings is 1. The van der Waals surface area contributed by atoms with Crippen LogP contribution >= 0.6 is 11.3 Å². The highest BCUT2D eigenvalue weighted by molar-refractivity contribution is 7.11. The van der Waals surface area contributed by atoms with Gasteiger partial charge in [0.05, 0.1) is 11.7 Å². The molecule has 0 atom stereocenters. The highest BCUT2D eigenvalue weighted by Crippen LogP contribution is 2.29. The maximum atomic E-state index is 13.4. The lowest BCUT2D eigenvalue weighted by atomic mass is 10.0. The van der Waals surface area contributed by atoms with E-state index in [1.165, 1.54) is 0 Å². The monoisotopic (exact) mass is 403 g/mol. The van der Waals surface area contributed by atoms with Gasteiger partial charge in [0.15, 0.2) is 11.4 Å². The number of aryl methyl sites for hydroxylation is 1. The lowest BCUT2D eigenvalue weighted by Gasteiger charge is -2.10. The van der Waals surface area contributed by atoms with E-state index in [0.29, 0.717) is 22.6 Å². The smallest absolute Gasteiger partial charge is 0.231 e. The fourth-order valence-corrected chi connectivity index (χ4v) is 3.85. The first kappa shape index (κ1) is 19.2. The second kappa shape index (κ2) is 8.05. The number of hydrogen-bond acceptors (Lipinski definition) is 5. The molecule has 0 unspecified atom stereocenters. The van der Waals surface area contributed by atoms with E-state index in [9.17, 15) is 4.79 Å². The number of carbonyl (C=O) groups is 1. The van der Waals surface area contributed by atoms with Gasteiger partial charge in [0, 0.05) is 10.4 Å². The fourth-order valence-electron chi connectivity index (χ4n) is 2.99. The van der Waals surface area contributed by atoms with Crippen molar-refractivity contribution >= 4 is 39.9 Å². The summed E-state index contributed by atoms with van der Waals surface area (Å²) in [5.41, 5.74) is 3.49. The highest BCUT2D eigenvalue weighted by Gasteiger charge is 2.21. The molecule has 0 radical (unpaired) electrons. The van der Waals surface area contributed by atoms with Gasteiger partial charge < -0.3 is 9.15 Å².